The van der Waals surface area contributed by atoms with Crippen molar-refractivity contribution < 1.29 is 68.5 Å². The third-order valence-corrected chi connectivity index (χ3v) is 5.43. The molecule has 5 nitrogen and oxygen atoms in total. The van der Waals surface area contributed by atoms with Crippen molar-refractivity contribution in [1.82, 2.24) is 5.32 Å². The van der Waals surface area contributed by atoms with Gasteiger partial charge < -0.3 is 35.4 Å². The average molecular weight is 666 g/mol. The van der Waals surface area contributed by atoms with E-state index in [0.29, 0.717) is 18.0 Å². The number of nitrogens with zero attached hydrogens (tertiary/aromatic N) is 1. The summed E-state index contributed by atoms with van der Waals surface area (Å²) in [7, 11) is 0. The van der Waals surface area contributed by atoms with Gasteiger partial charge in [0.15, 0.2) is 0 Å². The van der Waals surface area contributed by atoms with Gasteiger partial charge in [0.05, 0.1) is 24.0 Å². The maximum Gasteiger partial charge on any atom is 0.226 e. The molecule has 2 aromatic rings. The van der Waals surface area contributed by atoms with Gasteiger partial charge in [-0.1, -0.05) is 61.4 Å². The molecule has 1 radical (unpaired) electrons. The minimum atomic E-state index is -0.846. The Labute approximate surface area is 225 Å². The molecule has 2 N–H and O–H groups in total. The molecule has 2 amide bonds. The number of aliphatic hydroxyl groups excluding tert-OH is 1. The summed E-state index contributed by atoms with van der Waals surface area (Å²) >= 11 is 0. The minimum absolute atomic E-state index is 0. The van der Waals surface area contributed by atoms with Crippen LogP contribution >= 0.6 is 0 Å². The van der Waals surface area contributed by atoms with E-state index in [9.17, 15) is 14.7 Å². The van der Waals surface area contributed by atoms with Crippen LogP contribution in [0.1, 0.15) is 37.8 Å². The second-order valence-electron chi connectivity index (χ2n) is 7.52. The summed E-state index contributed by atoms with van der Waals surface area (Å²) < 4.78 is 0. The van der Waals surface area contributed by atoms with Gasteiger partial charge in [0.1, 0.15) is 0 Å². The van der Waals surface area contributed by atoms with Gasteiger partial charge in [-0.15, -0.1) is 5.69 Å². The number of carbonyl (C=O) groups excluding carboxylic acids is 2. The predicted molar refractivity (Wildman–Crippen MR) is 116 cm³/mol. The molecule has 1 fully saturated rings. The van der Waals surface area contributed by atoms with E-state index in [2.05, 4.69) is 10.6 Å². The third kappa shape index (κ3) is 6.81. The number of fused-ring (bicyclic) bond motifs is 3. The zero-order chi connectivity index (χ0) is 19.0. The number of rotatable bonds is 5. The van der Waals surface area contributed by atoms with Crippen LogP contribution in [-0.2, 0) is 63.4 Å². The number of aliphatic hydroxyl groups is 1. The van der Waals surface area contributed by atoms with Crippen LogP contribution in [0.15, 0.2) is 48.5 Å². The van der Waals surface area contributed by atoms with E-state index in [-0.39, 0.29) is 74.5 Å². The Bertz CT molecular complexity index is 887. The molecule has 3 atom stereocenters. The van der Waals surface area contributed by atoms with E-state index < -0.39 is 24.0 Å². The molecular formula is C24H29N2O3WY-3. The first kappa shape index (κ1) is 30.1. The van der Waals surface area contributed by atoms with Gasteiger partial charge in [-0.25, -0.2) is 0 Å². The Morgan fingerprint density at radius 2 is 1.68 bits per heavy atom. The summed E-state index contributed by atoms with van der Waals surface area (Å²) in [4.78, 5) is 25.8. The van der Waals surface area contributed by atoms with Gasteiger partial charge in [-0.3, -0.25) is 4.79 Å². The fraction of sp³-hybridized carbons (Fsp3) is 0.333. The first-order chi connectivity index (χ1) is 13.0. The second-order valence-corrected chi connectivity index (χ2v) is 7.52. The van der Waals surface area contributed by atoms with Crippen LogP contribution in [0.3, 0.4) is 0 Å². The molecule has 1 aliphatic carbocycles. The van der Waals surface area contributed by atoms with Crippen LogP contribution < -0.4 is 5.32 Å². The maximum atomic E-state index is 12.9. The summed E-state index contributed by atoms with van der Waals surface area (Å²) in [6.07, 6.45) is 2.11. The van der Waals surface area contributed by atoms with Crippen LogP contribution in [0.2, 0.25) is 0 Å². The van der Waals surface area contributed by atoms with Gasteiger partial charge in [0.25, 0.3) is 0 Å². The molecule has 7 heteroatoms. The monoisotopic (exact) mass is 666 g/mol. The number of amides is 2. The summed E-state index contributed by atoms with van der Waals surface area (Å²) in [5.74, 6) is -0.688. The number of carbonyl (C=O) groups is 2. The molecule has 4 rings (SSSR count). The molecule has 2 aromatic carbocycles. The zero-order valence-corrected chi connectivity index (χ0v) is 24.0. The van der Waals surface area contributed by atoms with E-state index >= 15 is 0 Å². The molecule has 0 unspecified atom stereocenters. The van der Waals surface area contributed by atoms with Crippen molar-refractivity contribution in [3.05, 3.63) is 74.3 Å². The molecule has 0 saturated heterocycles. The first-order valence-corrected chi connectivity index (χ1v) is 9.47. The number of para-hydroxylation sites is 1. The van der Waals surface area contributed by atoms with Crippen LogP contribution in [0, 0.1) is 26.7 Å². The quantitative estimate of drug-likeness (QED) is 0.453. The molecule has 31 heavy (non-hydrogen) atoms. The maximum absolute atomic E-state index is 12.9. The Balaban J connectivity index is 0.00000225. The molecule has 1 heterocycles. The largest absolute Gasteiger partial charge is 0.624 e. The molecule has 1 saturated carbocycles. The zero-order valence-electron chi connectivity index (χ0n) is 18.2. The van der Waals surface area contributed by atoms with E-state index in [4.69, 9.17) is 0 Å². The van der Waals surface area contributed by atoms with Crippen molar-refractivity contribution in [1.29, 1.82) is 0 Å². The van der Waals surface area contributed by atoms with Crippen molar-refractivity contribution in [3.63, 3.8) is 0 Å². The number of nitrogens with one attached hydrogen (secondary N) is 1. The van der Waals surface area contributed by atoms with Crippen molar-refractivity contribution in [2.24, 2.45) is 11.8 Å². The Morgan fingerprint density at radius 1 is 1.10 bits per heavy atom. The fourth-order valence-electron chi connectivity index (χ4n) is 3.73. The van der Waals surface area contributed by atoms with E-state index in [1.807, 2.05) is 42.5 Å². The summed E-state index contributed by atoms with van der Waals surface area (Å²) in [5.41, 5.74) is 3.11. The Morgan fingerprint density at radius 3 is 2.29 bits per heavy atom. The molecular weight excluding hydrogens is 637 g/mol. The van der Waals surface area contributed by atoms with E-state index in [0.717, 1.165) is 29.5 Å². The third-order valence-electron chi connectivity index (χ3n) is 5.43. The van der Waals surface area contributed by atoms with Gasteiger partial charge in [0.2, 0.25) is 5.91 Å². The molecule has 0 spiro atoms. The second kappa shape index (κ2) is 13.0. The predicted octanol–water partition coefficient (Wildman–Crippen LogP) is 4.75. The van der Waals surface area contributed by atoms with Crippen LogP contribution in [0.25, 0.3) is 16.4 Å². The van der Waals surface area contributed by atoms with E-state index in [1.54, 1.807) is 13.0 Å². The number of hydrogen-bond acceptors (Lipinski definition) is 3. The molecule has 0 bridgehead atoms. The Kier molecular flexibility index (Phi) is 12.6. The van der Waals surface area contributed by atoms with E-state index in [1.165, 1.54) is 0 Å². The number of hydrogen-bond donors (Lipinski definition) is 2. The van der Waals surface area contributed by atoms with Crippen molar-refractivity contribution >= 4 is 17.5 Å². The Hall–Kier alpha value is -0.868. The first-order valence-electron chi connectivity index (χ1n) is 9.47. The van der Waals surface area contributed by atoms with Crippen molar-refractivity contribution in [2.75, 3.05) is 0 Å². The van der Waals surface area contributed by atoms with Gasteiger partial charge in [-0.05, 0) is 36.0 Å². The molecule has 0 aromatic heterocycles. The minimum Gasteiger partial charge on any atom is -0.624 e. The van der Waals surface area contributed by atoms with Crippen LogP contribution in [0.5, 0.6) is 0 Å². The smallest absolute Gasteiger partial charge is 0.226 e. The average Bonchev–Trinajstić information content (AvgIpc) is 3.48. The molecule has 2 aliphatic rings. The standard InChI is InChI=1S/C22H24N2O3.2CH3.W.Y/c1-13(25)18(12-14-10-11-14)21(26)24-20-17-8-3-2-6-15(17)16-7-4-5-9-19(16)23-22(20)27;;;;/h2-9,13-14,18,20,25H,10-12H2,1H3,(H2,23,24,26,27);2*1H3;;/q;2*-1;;/p-1/t13-,18+,20-;;;;/m0..../s1. The summed E-state index contributed by atoms with van der Waals surface area (Å²) in [5, 5.41) is 17.2. The number of benzene rings is 2. The summed E-state index contributed by atoms with van der Waals surface area (Å²) in [6.45, 7) is 1.63. The van der Waals surface area contributed by atoms with Gasteiger partial charge in [0, 0.05) is 53.8 Å². The van der Waals surface area contributed by atoms with Crippen LogP contribution in [0.4, 0.5) is 5.69 Å². The molecule has 165 valence electrons. The van der Waals surface area contributed by atoms with Crippen molar-refractivity contribution in [2.45, 2.75) is 38.3 Å². The van der Waals surface area contributed by atoms with Crippen LogP contribution in [-0.4, -0.2) is 23.0 Å². The fourth-order valence-corrected chi connectivity index (χ4v) is 3.73. The van der Waals surface area contributed by atoms with Gasteiger partial charge in [-0.2, -0.15) is 0 Å². The topological polar surface area (TPSA) is 80.5 Å². The normalized spacial score (nSPS) is 17.9. The van der Waals surface area contributed by atoms with Crippen molar-refractivity contribution in [3.8, 4) is 11.1 Å². The van der Waals surface area contributed by atoms with Gasteiger partial charge >= 0.3 is 0 Å². The molecule has 1 aliphatic heterocycles. The summed E-state index contributed by atoms with van der Waals surface area (Å²) in [6, 6.07) is 14.2. The SMILES string of the molecule is C[C@H](O)[C@@H](CC1CC1)C(=O)N[C@@H]1C(=O)[N-]c2ccccc2-c2ccccc21.[CH3-].[CH3-].[W].[Y].